The smallest absolute Gasteiger partial charge is 0.254 e. The molecule has 0 aliphatic carbocycles. The van der Waals surface area contributed by atoms with Crippen molar-refractivity contribution in [2.75, 3.05) is 13.7 Å². The van der Waals surface area contributed by atoms with Gasteiger partial charge in [-0.05, 0) is 23.6 Å². The van der Waals surface area contributed by atoms with Crippen LogP contribution in [0.3, 0.4) is 0 Å². The molecule has 1 saturated heterocycles. The summed E-state index contributed by atoms with van der Waals surface area (Å²) in [6.45, 7) is 4.43. The normalized spacial score (nSPS) is 21.4. The van der Waals surface area contributed by atoms with Crippen LogP contribution in [-0.2, 0) is 9.53 Å². The van der Waals surface area contributed by atoms with Crippen LogP contribution in [0.5, 0.6) is 0 Å². The number of rotatable bonds is 4. The van der Waals surface area contributed by atoms with E-state index in [9.17, 15) is 9.59 Å². The molecule has 1 aromatic rings. The summed E-state index contributed by atoms with van der Waals surface area (Å²) >= 11 is 6.24. The summed E-state index contributed by atoms with van der Waals surface area (Å²) in [7, 11) is 1.56. The third-order valence-electron chi connectivity index (χ3n) is 4.05. The molecule has 0 unspecified atom stereocenters. The lowest BCUT2D eigenvalue weighted by molar-refractivity contribution is -0.121. The summed E-state index contributed by atoms with van der Waals surface area (Å²) in [4.78, 5) is 25.7. The van der Waals surface area contributed by atoms with E-state index in [-0.39, 0.29) is 17.9 Å². The molecular weight excluding hydrogens is 304 g/mol. The van der Waals surface area contributed by atoms with E-state index in [0.717, 1.165) is 5.56 Å². The van der Waals surface area contributed by atoms with Crippen molar-refractivity contribution in [2.45, 2.75) is 38.3 Å². The molecule has 2 N–H and O–H groups in total. The third-order valence-corrected chi connectivity index (χ3v) is 4.38. The zero-order chi connectivity index (χ0) is 16.4. The van der Waals surface area contributed by atoms with Gasteiger partial charge < -0.3 is 15.4 Å². The maximum atomic E-state index is 12.7. The average Bonchev–Trinajstić information content (AvgIpc) is 2.90. The third kappa shape index (κ3) is 3.25. The van der Waals surface area contributed by atoms with Crippen molar-refractivity contribution in [3.63, 3.8) is 0 Å². The lowest BCUT2D eigenvalue weighted by Gasteiger charge is -2.22. The molecule has 1 fully saturated rings. The van der Waals surface area contributed by atoms with E-state index >= 15 is 0 Å². The van der Waals surface area contributed by atoms with Gasteiger partial charge in [0.1, 0.15) is 6.04 Å². The highest BCUT2D eigenvalue weighted by Gasteiger charge is 2.39. The molecule has 1 aromatic carbocycles. The molecular formula is C16H21ClN2O3. The average molecular weight is 325 g/mol. The van der Waals surface area contributed by atoms with Gasteiger partial charge in [-0.3, -0.25) is 9.59 Å². The van der Waals surface area contributed by atoms with Crippen LogP contribution < -0.4 is 5.73 Å². The number of nitrogens with zero attached hydrogens (tertiary/aromatic N) is 1. The topological polar surface area (TPSA) is 72.6 Å². The van der Waals surface area contributed by atoms with E-state index in [1.165, 1.54) is 4.90 Å². The summed E-state index contributed by atoms with van der Waals surface area (Å²) in [5.41, 5.74) is 6.84. The molecule has 0 radical (unpaired) electrons. The van der Waals surface area contributed by atoms with E-state index in [2.05, 4.69) is 0 Å². The monoisotopic (exact) mass is 324 g/mol. The zero-order valence-corrected chi connectivity index (χ0v) is 13.8. The fraction of sp³-hybridized carbons (Fsp3) is 0.500. The Hall–Kier alpha value is -1.59. The van der Waals surface area contributed by atoms with E-state index in [1.807, 2.05) is 19.9 Å². The maximum Gasteiger partial charge on any atom is 0.254 e. The van der Waals surface area contributed by atoms with Gasteiger partial charge in [0.25, 0.3) is 5.91 Å². The van der Waals surface area contributed by atoms with Crippen LogP contribution in [0.25, 0.3) is 0 Å². The molecule has 2 amide bonds. The zero-order valence-electron chi connectivity index (χ0n) is 13.0. The molecule has 1 aliphatic rings. The van der Waals surface area contributed by atoms with Crippen molar-refractivity contribution in [2.24, 2.45) is 5.73 Å². The molecule has 2 atom stereocenters. The van der Waals surface area contributed by atoms with E-state index in [4.69, 9.17) is 22.1 Å². The standard InChI is InChI=1S/C16H21ClN2O3/c1-9(2)12-5-4-10(6-13(12)17)16(21)19-8-11(22-3)7-14(19)15(18)20/h4-6,9,11,14H,7-8H2,1-3H3,(H2,18,20)/t11-,14-/m0/s1. The first-order valence-corrected chi connectivity index (χ1v) is 7.65. The van der Waals surface area contributed by atoms with Crippen molar-refractivity contribution in [3.05, 3.63) is 34.3 Å². The summed E-state index contributed by atoms with van der Waals surface area (Å²) in [5.74, 6) is -0.488. The molecule has 0 spiro atoms. The summed E-state index contributed by atoms with van der Waals surface area (Å²) in [5, 5.41) is 0.555. The number of halogens is 1. The highest BCUT2D eigenvalue weighted by Crippen LogP contribution is 2.27. The predicted molar refractivity (Wildman–Crippen MR) is 85.0 cm³/mol. The van der Waals surface area contributed by atoms with Gasteiger partial charge in [0.05, 0.1) is 6.10 Å². The van der Waals surface area contributed by atoms with Gasteiger partial charge in [-0.1, -0.05) is 31.5 Å². The molecule has 0 saturated carbocycles. The van der Waals surface area contributed by atoms with Crippen molar-refractivity contribution in [1.82, 2.24) is 4.90 Å². The summed E-state index contributed by atoms with van der Waals surface area (Å²) in [6.07, 6.45) is 0.252. The van der Waals surface area contributed by atoms with Gasteiger partial charge in [-0.2, -0.15) is 0 Å². The Bertz CT molecular complexity index is 589. The number of nitrogens with two attached hydrogens (primary N) is 1. The quantitative estimate of drug-likeness (QED) is 0.922. The number of hydrogen-bond acceptors (Lipinski definition) is 3. The van der Waals surface area contributed by atoms with E-state index in [0.29, 0.717) is 23.6 Å². The van der Waals surface area contributed by atoms with Gasteiger partial charge in [0, 0.05) is 30.7 Å². The highest BCUT2D eigenvalue weighted by molar-refractivity contribution is 6.31. The Balaban J connectivity index is 2.27. The molecule has 2 rings (SSSR count). The van der Waals surface area contributed by atoms with Crippen LogP contribution in [-0.4, -0.2) is 42.5 Å². The number of hydrogen-bond donors (Lipinski definition) is 1. The lowest BCUT2D eigenvalue weighted by atomic mass is 10.0. The number of methoxy groups -OCH3 is 1. The van der Waals surface area contributed by atoms with Crippen molar-refractivity contribution in [1.29, 1.82) is 0 Å². The number of benzene rings is 1. The van der Waals surface area contributed by atoms with Crippen LogP contribution in [0.4, 0.5) is 0 Å². The Morgan fingerprint density at radius 2 is 2.09 bits per heavy atom. The first kappa shape index (κ1) is 16.8. The minimum absolute atomic E-state index is 0.174. The van der Waals surface area contributed by atoms with Crippen LogP contribution in [0.1, 0.15) is 42.1 Å². The Kier molecular flexibility index (Phi) is 5.08. The number of carbonyl (C=O) groups excluding carboxylic acids is 2. The van der Waals surface area contributed by atoms with Gasteiger partial charge in [0.2, 0.25) is 5.91 Å². The number of likely N-dealkylation sites (tertiary alicyclic amines) is 1. The SMILES string of the molecule is CO[C@H]1C[C@@H](C(N)=O)N(C(=O)c2ccc(C(C)C)c(Cl)c2)C1. The Morgan fingerprint density at radius 1 is 1.41 bits per heavy atom. The molecule has 22 heavy (non-hydrogen) atoms. The number of primary amides is 1. The Labute approximate surface area is 135 Å². The minimum atomic E-state index is -0.638. The van der Waals surface area contributed by atoms with Gasteiger partial charge >= 0.3 is 0 Å². The van der Waals surface area contributed by atoms with Crippen molar-refractivity contribution >= 4 is 23.4 Å². The molecule has 6 heteroatoms. The van der Waals surface area contributed by atoms with Crippen LogP contribution in [0.2, 0.25) is 5.02 Å². The largest absolute Gasteiger partial charge is 0.380 e. The van der Waals surface area contributed by atoms with Gasteiger partial charge in [-0.15, -0.1) is 0 Å². The number of ether oxygens (including phenoxy) is 1. The summed E-state index contributed by atoms with van der Waals surface area (Å²) < 4.78 is 5.25. The second kappa shape index (κ2) is 6.67. The molecule has 120 valence electrons. The molecule has 0 aromatic heterocycles. The lowest BCUT2D eigenvalue weighted by Crippen LogP contribution is -2.43. The number of amides is 2. The minimum Gasteiger partial charge on any atom is -0.380 e. The second-order valence-electron chi connectivity index (χ2n) is 5.86. The molecule has 1 aliphatic heterocycles. The van der Waals surface area contributed by atoms with Gasteiger partial charge in [-0.25, -0.2) is 0 Å². The van der Waals surface area contributed by atoms with Crippen LogP contribution >= 0.6 is 11.6 Å². The highest BCUT2D eigenvalue weighted by atomic mass is 35.5. The first-order valence-electron chi connectivity index (χ1n) is 7.27. The fourth-order valence-corrected chi connectivity index (χ4v) is 3.16. The second-order valence-corrected chi connectivity index (χ2v) is 6.27. The number of carbonyl (C=O) groups is 2. The summed E-state index contributed by atoms with van der Waals surface area (Å²) in [6, 6.07) is 4.60. The maximum absolute atomic E-state index is 12.7. The van der Waals surface area contributed by atoms with Crippen LogP contribution in [0, 0.1) is 0 Å². The van der Waals surface area contributed by atoms with E-state index < -0.39 is 11.9 Å². The molecule has 5 nitrogen and oxygen atoms in total. The van der Waals surface area contributed by atoms with Crippen LogP contribution in [0.15, 0.2) is 18.2 Å². The van der Waals surface area contributed by atoms with Crippen molar-refractivity contribution in [3.8, 4) is 0 Å². The van der Waals surface area contributed by atoms with Crippen molar-refractivity contribution < 1.29 is 14.3 Å². The Morgan fingerprint density at radius 3 is 2.59 bits per heavy atom. The first-order chi connectivity index (χ1) is 10.3. The fourth-order valence-electron chi connectivity index (χ4n) is 2.76. The molecule has 0 bridgehead atoms. The predicted octanol–water partition coefficient (Wildman–Crippen LogP) is 2.18. The van der Waals surface area contributed by atoms with Gasteiger partial charge in [0.15, 0.2) is 0 Å². The molecule has 1 heterocycles. The van der Waals surface area contributed by atoms with E-state index in [1.54, 1.807) is 19.2 Å².